The van der Waals surface area contributed by atoms with Crippen molar-refractivity contribution in [1.29, 1.82) is 0 Å². The van der Waals surface area contributed by atoms with Crippen LogP contribution in [0, 0.1) is 6.92 Å². The number of carbonyl (C=O) groups excluding carboxylic acids is 2. The number of aryl methyl sites for hydroxylation is 1. The maximum atomic E-state index is 12.3. The van der Waals surface area contributed by atoms with Crippen molar-refractivity contribution in [2.24, 2.45) is 0 Å². The first-order valence-corrected chi connectivity index (χ1v) is 10.3. The molecular weight excluding hydrogens is 350 g/mol. The monoisotopic (exact) mass is 381 g/mol. The third kappa shape index (κ3) is 7.55. The van der Waals surface area contributed by atoms with E-state index < -0.39 is 0 Å². The fourth-order valence-electron chi connectivity index (χ4n) is 2.99. The highest BCUT2D eigenvalue weighted by atomic mass is 16.5. The quantitative estimate of drug-likeness (QED) is 0.375. The van der Waals surface area contributed by atoms with Crippen LogP contribution in [-0.4, -0.2) is 18.5 Å². The number of benzene rings is 2. The van der Waals surface area contributed by atoms with Gasteiger partial charge in [-0.2, -0.15) is 0 Å². The minimum absolute atomic E-state index is 0.169. The number of ether oxygens (including phenoxy) is 1. The first-order valence-electron chi connectivity index (χ1n) is 10.3. The number of unbranched alkanes of at least 4 members (excludes halogenated alkanes) is 6. The van der Waals surface area contributed by atoms with Gasteiger partial charge in [-0.15, -0.1) is 0 Å². The van der Waals surface area contributed by atoms with Crippen molar-refractivity contribution in [3.8, 4) is 0 Å². The van der Waals surface area contributed by atoms with Crippen LogP contribution in [0.1, 0.15) is 78.1 Å². The normalized spacial score (nSPS) is 10.5. The second-order valence-corrected chi connectivity index (χ2v) is 7.16. The molecule has 2 aromatic rings. The van der Waals surface area contributed by atoms with Crippen LogP contribution in [-0.2, 0) is 4.74 Å². The molecule has 0 fully saturated rings. The van der Waals surface area contributed by atoms with E-state index in [0.29, 0.717) is 23.4 Å². The summed E-state index contributed by atoms with van der Waals surface area (Å²) in [6.45, 7) is 4.62. The van der Waals surface area contributed by atoms with Crippen molar-refractivity contribution >= 4 is 17.6 Å². The molecule has 0 saturated heterocycles. The van der Waals surface area contributed by atoms with Gasteiger partial charge in [0, 0.05) is 11.3 Å². The van der Waals surface area contributed by atoms with Crippen LogP contribution in [0.25, 0.3) is 0 Å². The summed E-state index contributed by atoms with van der Waals surface area (Å²) in [7, 11) is 0. The molecule has 0 bridgehead atoms. The van der Waals surface area contributed by atoms with E-state index in [-0.39, 0.29) is 11.9 Å². The van der Waals surface area contributed by atoms with E-state index in [4.69, 9.17) is 4.74 Å². The highest BCUT2D eigenvalue weighted by Gasteiger charge is 2.09. The van der Waals surface area contributed by atoms with Gasteiger partial charge in [-0.3, -0.25) is 4.79 Å². The van der Waals surface area contributed by atoms with Crippen LogP contribution in [0.3, 0.4) is 0 Å². The van der Waals surface area contributed by atoms with Crippen molar-refractivity contribution in [2.45, 2.75) is 58.8 Å². The molecule has 1 N–H and O–H groups in total. The number of hydrogen-bond acceptors (Lipinski definition) is 3. The van der Waals surface area contributed by atoms with Gasteiger partial charge in [0.05, 0.1) is 12.2 Å². The number of rotatable bonds is 11. The van der Waals surface area contributed by atoms with E-state index in [2.05, 4.69) is 12.2 Å². The molecule has 0 spiro atoms. The standard InChI is InChI=1S/C24H31NO3/c1-3-4-5-6-7-8-9-17-28-24(27)20-13-15-22(16-14-20)25-23(26)21-12-10-11-19(2)18-21/h10-16,18H,3-9,17H2,1-2H3,(H,25,26). The zero-order chi connectivity index (χ0) is 20.2. The maximum Gasteiger partial charge on any atom is 0.338 e. The average Bonchev–Trinajstić information content (AvgIpc) is 2.70. The van der Waals surface area contributed by atoms with E-state index >= 15 is 0 Å². The van der Waals surface area contributed by atoms with Crippen molar-refractivity contribution in [3.05, 3.63) is 65.2 Å². The van der Waals surface area contributed by atoms with Crippen LogP contribution < -0.4 is 5.32 Å². The molecule has 150 valence electrons. The molecule has 2 rings (SSSR count). The predicted molar refractivity (Wildman–Crippen MR) is 114 cm³/mol. The molecule has 4 heteroatoms. The van der Waals surface area contributed by atoms with Gasteiger partial charge in [-0.05, 0) is 49.7 Å². The smallest absolute Gasteiger partial charge is 0.338 e. The summed E-state index contributed by atoms with van der Waals surface area (Å²) in [5.74, 6) is -0.486. The molecule has 4 nitrogen and oxygen atoms in total. The lowest BCUT2D eigenvalue weighted by Crippen LogP contribution is -2.12. The third-order valence-corrected chi connectivity index (χ3v) is 4.64. The van der Waals surface area contributed by atoms with Crippen molar-refractivity contribution in [1.82, 2.24) is 0 Å². The number of carbonyl (C=O) groups is 2. The second-order valence-electron chi connectivity index (χ2n) is 7.16. The zero-order valence-corrected chi connectivity index (χ0v) is 17.0. The lowest BCUT2D eigenvalue weighted by Gasteiger charge is -2.08. The molecule has 0 aliphatic heterocycles. The Morgan fingerprint density at radius 1 is 0.857 bits per heavy atom. The first-order chi connectivity index (χ1) is 13.6. The molecule has 0 aliphatic rings. The summed E-state index contributed by atoms with van der Waals surface area (Å²) in [5, 5.41) is 2.84. The predicted octanol–water partition coefficient (Wildman–Crippen LogP) is 6.15. The Labute approximate surface area is 168 Å². The number of hydrogen-bond donors (Lipinski definition) is 1. The summed E-state index contributed by atoms with van der Waals surface area (Å²) in [6, 6.07) is 14.2. The Hall–Kier alpha value is -2.62. The molecule has 0 aromatic heterocycles. The molecule has 0 saturated carbocycles. The molecule has 0 heterocycles. The molecule has 0 unspecified atom stereocenters. The van der Waals surface area contributed by atoms with E-state index in [1.165, 1.54) is 32.1 Å². The van der Waals surface area contributed by atoms with Gasteiger partial charge in [0.1, 0.15) is 0 Å². The minimum atomic E-state index is -0.317. The van der Waals surface area contributed by atoms with Gasteiger partial charge >= 0.3 is 5.97 Å². The number of nitrogens with one attached hydrogen (secondary N) is 1. The third-order valence-electron chi connectivity index (χ3n) is 4.64. The fraction of sp³-hybridized carbons (Fsp3) is 0.417. The molecule has 0 radical (unpaired) electrons. The van der Waals surface area contributed by atoms with E-state index in [9.17, 15) is 9.59 Å². The summed E-state index contributed by atoms with van der Waals surface area (Å²) in [6.07, 6.45) is 8.32. The molecular formula is C24H31NO3. The van der Waals surface area contributed by atoms with Crippen LogP contribution in [0.15, 0.2) is 48.5 Å². The molecule has 0 aliphatic carbocycles. The Bertz CT molecular complexity index is 753. The van der Waals surface area contributed by atoms with Crippen LogP contribution >= 0.6 is 0 Å². The topological polar surface area (TPSA) is 55.4 Å². The largest absolute Gasteiger partial charge is 0.462 e. The summed E-state index contributed by atoms with van der Waals surface area (Å²) < 4.78 is 5.33. The Morgan fingerprint density at radius 3 is 2.21 bits per heavy atom. The summed E-state index contributed by atoms with van der Waals surface area (Å²) in [5.41, 5.74) is 2.79. The maximum absolute atomic E-state index is 12.3. The molecule has 2 aromatic carbocycles. The molecule has 28 heavy (non-hydrogen) atoms. The van der Waals surface area contributed by atoms with E-state index in [0.717, 1.165) is 18.4 Å². The molecule has 0 atom stereocenters. The number of esters is 1. The van der Waals surface area contributed by atoms with Gasteiger partial charge in [0.2, 0.25) is 0 Å². The minimum Gasteiger partial charge on any atom is -0.462 e. The van der Waals surface area contributed by atoms with Crippen molar-refractivity contribution in [2.75, 3.05) is 11.9 Å². The SMILES string of the molecule is CCCCCCCCCOC(=O)c1ccc(NC(=O)c2cccc(C)c2)cc1. The molecule has 1 amide bonds. The van der Waals surface area contributed by atoms with Crippen molar-refractivity contribution < 1.29 is 14.3 Å². The van der Waals surface area contributed by atoms with Gasteiger partial charge < -0.3 is 10.1 Å². The number of amides is 1. The van der Waals surface area contributed by atoms with Gasteiger partial charge in [0.25, 0.3) is 5.91 Å². The fourth-order valence-corrected chi connectivity index (χ4v) is 2.99. The number of anilines is 1. The van der Waals surface area contributed by atoms with Gasteiger partial charge in [-0.25, -0.2) is 4.79 Å². The zero-order valence-electron chi connectivity index (χ0n) is 17.0. The Morgan fingerprint density at radius 2 is 1.54 bits per heavy atom. The van der Waals surface area contributed by atoms with E-state index in [1.807, 2.05) is 25.1 Å². The highest BCUT2D eigenvalue weighted by Crippen LogP contribution is 2.14. The Kier molecular flexibility index (Phi) is 9.26. The van der Waals surface area contributed by atoms with Crippen LogP contribution in [0.2, 0.25) is 0 Å². The van der Waals surface area contributed by atoms with E-state index in [1.54, 1.807) is 30.3 Å². The highest BCUT2D eigenvalue weighted by molar-refractivity contribution is 6.04. The lowest BCUT2D eigenvalue weighted by molar-refractivity contribution is 0.0497. The van der Waals surface area contributed by atoms with Crippen LogP contribution in [0.5, 0.6) is 0 Å². The van der Waals surface area contributed by atoms with Gasteiger partial charge in [-0.1, -0.05) is 63.1 Å². The van der Waals surface area contributed by atoms with Crippen LogP contribution in [0.4, 0.5) is 5.69 Å². The van der Waals surface area contributed by atoms with Crippen molar-refractivity contribution in [3.63, 3.8) is 0 Å². The van der Waals surface area contributed by atoms with Gasteiger partial charge in [0.15, 0.2) is 0 Å². The average molecular weight is 382 g/mol. The Balaban J connectivity index is 1.72. The summed E-state index contributed by atoms with van der Waals surface area (Å²) in [4.78, 5) is 24.4. The lowest BCUT2D eigenvalue weighted by atomic mass is 10.1. The second kappa shape index (κ2) is 12.0. The first kappa shape index (κ1) is 21.7. The summed E-state index contributed by atoms with van der Waals surface area (Å²) >= 11 is 0.